The van der Waals surface area contributed by atoms with Crippen molar-refractivity contribution >= 4 is 46.9 Å². The number of hydrogen-bond donors (Lipinski definition) is 6. The number of phenolic OH excluding ortho intramolecular Hbond substituents is 1. The molecule has 0 saturated heterocycles. The quantitative estimate of drug-likeness (QED) is 0.194. The lowest BCUT2D eigenvalue weighted by Gasteiger charge is -2.50. The van der Waals surface area contributed by atoms with Crippen molar-refractivity contribution in [2.75, 3.05) is 19.4 Å². The third kappa shape index (κ3) is 2.97. The zero-order chi connectivity index (χ0) is 25.3. The van der Waals surface area contributed by atoms with E-state index in [1.165, 1.54) is 25.1 Å². The van der Waals surface area contributed by atoms with Crippen LogP contribution in [0.15, 0.2) is 23.0 Å². The molecule has 4 rings (SSSR count). The molecule has 0 bridgehead atoms. The van der Waals surface area contributed by atoms with Gasteiger partial charge in [0.15, 0.2) is 17.1 Å². The standard InChI is InChI=1S/C22H22ClN3O8/c1-26(2)15-9-4-7-3-8-5-10(23)14(25-6-27)17(29)11(8)16(28)12(7)19(31)22(9,34)20(32)13(18(15)30)21(24)33/h5-7,9,15,28-29,32,34H,3-4H2,1-2H3,(H2,24,33)(H,25,27)/t7?,9?,15-,22-/m0/s1. The first-order valence-electron chi connectivity index (χ1n) is 10.3. The van der Waals surface area contributed by atoms with Crippen LogP contribution in [0.25, 0.3) is 5.76 Å². The molecule has 1 aromatic rings. The molecule has 0 heterocycles. The van der Waals surface area contributed by atoms with Gasteiger partial charge in [-0.15, -0.1) is 0 Å². The molecule has 11 nitrogen and oxygen atoms in total. The molecule has 180 valence electrons. The Morgan fingerprint density at radius 3 is 2.50 bits per heavy atom. The maximum absolute atomic E-state index is 13.7. The average Bonchev–Trinajstić information content (AvgIpc) is 2.73. The molecule has 1 fully saturated rings. The fraction of sp³-hybridized carbons (Fsp3) is 0.364. The van der Waals surface area contributed by atoms with Gasteiger partial charge in [-0.3, -0.25) is 24.1 Å². The highest BCUT2D eigenvalue weighted by Crippen LogP contribution is 2.53. The summed E-state index contributed by atoms with van der Waals surface area (Å²) in [5.74, 6) is -7.52. The van der Waals surface area contributed by atoms with Gasteiger partial charge in [0.05, 0.1) is 16.6 Å². The number of rotatable bonds is 4. The van der Waals surface area contributed by atoms with Crippen LogP contribution in [0.2, 0.25) is 5.02 Å². The fourth-order valence-electron chi connectivity index (χ4n) is 5.46. The Morgan fingerprint density at radius 2 is 1.94 bits per heavy atom. The van der Waals surface area contributed by atoms with E-state index < -0.39 is 63.8 Å². The van der Waals surface area contributed by atoms with Crippen LogP contribution in [-0.2, 0) is 25.6 Å². The number of amides is 2. The number of carbonyl (C=O) groups is 4. The van der Waals surface area contributed by atoms with Crippen LogP contribution in [0, 0.1) is 11.8 Å². The molecule has 12 heteroatoms. The number of aliphatic hydroxyl groups is 3. The van der Waals surface area contributed by atoms with Crippen molar-refractivity contribution < 1.29 is 39.6 Å². The maximum atomic E-state index is 13.7. The van der Waals surface area contributed by atoms with E-state index in [0.717, 1.165) is 0 Å². The van der Waals surface area contributed by atoms with Crippen molar-refractivity contribution in [3.63, 3.8) is 0 Å². The smallest absolute Gasteiger partial charge is 0.255 e. The van der Waals surface area contributed by atoms with Crippen LogP contribution >= 0.6 is 11.6 Å². The molecule has 1 aromatic carbocycles. The number of nitrogens with two attached hydrogens (primary N) is 1. The van der Waals surface area contributed by atoms with Gasteiger partial charge in [0, 0.05) is 11.5 Å². The van der Waals surface area contributed by atoms with Gasteiger partial charge in [-0.1, -0.05) is 11.6 Å². The van der Waals surface area contributed by atoms with Crippen LogP contribution in [0.1, 0.15) is 17.5 Å². The lowest BCUT2D eigenvalue weighted by molar-refractivity contribution is -0.153. The number of Topliss-reactive ketones (excluding diaryl/α,β-unsaturated/α-hetero) is 2. The molecular weight excluding hydrogens is 470 g/mol. The second-order valence-electron chi connectivity index (χ2n) is 8.84. The Hall–Kier alpha value is -3.41. The number of hydrogen-bond acceptors (Lipinski definition) is 9. The number of anilines is 1. The predicted octanol–water partition coefficient (Wildman–Crippen LogP) is 0.186. The Balaban J connectivity index is 1.98. The monoisotopic (exact) mass is 491 g/mol. The summed E-state index contributed by atoms with van der Waals surface area (Å²) >= 11 is 6.16. The normalized spacial score (nSPS) is 28.4. The minimum absolute atomic E-state index is 0.00364. The lowest BCUT2D eigenvalue weighted by atomic mass is 9.57. The molecule has 4 atom stereocenters. The van der Waals surface area contributed by atoms with E-state index in [1.54, 1.807) is 0 Å². The van der Waals surface area contributed by atoms with Crippen LogP contribution in [-0.4, -0.2) is 74.9 Å². The minimum Gasteiger partial charge on any atom is -0.508 e. The second-order valence-corrected chi connectivity index (χ2v) is 9.25. The third-order valence-electron chi connectivity index (χ3n) is 6.87. The SMILES string of the molecule is CN(C)[C@@H]1C(=O)C(C(N)=O)=C(O)[C@@]2(O)C(=O)C3=C(O)c4c(cc(Cl)c(NC=O)c4O)CC3CC12. The molecule has 34 heavy (non-hydrogen) atoms. The Bertz CT molecular complexity index is 1240. The van der Waals surface area contributed by atoms with E-state index in [9.17, 15) is 39.6 Å². The first-order valence-corrected chi connectivity index (χ1v) is 10.6. The molecule has 3 aliphatic rings. The van der Waals surface area contributed by atoms with Crippen molar-refractivity contribution in [1.29, 1.82) is 0 Å². The van der Waals surface area contributed by atoms with Crippen molar-refractivity contribution in [1.82, 2.24) is 4.90 Å². The summed E-state index contributed by atoms with van der Waals surface area (Å²) in [4.78, 5) is 50.9. The van der Waals surface area contributed by atoms with Crippen LogP contribution in [0.5, 0.6) is 5.75 Å². The number of halogens is 1. The Kier molecular flexibility index (Phi) is 5.46. The summed E-state index contributed by atoms with van der Waals surface area (Å²) in [7, 11) is 3.04. The predicted molar refractivity (Wildman–Crippen MR) is 119 cm³/mol. The lowest BCUT2D eigenvalue weighted by Crippen LogP contribution is -2.65. The van der Waals surface area contributed by atoms with E-state index in [-0.39, 0.29) is 41.1 Å². The number of fused-ring (bicyclic) bond motifs is 3. The number of phenols is 1. The van der Waals surface area contributed by atoms with E-state index in [0.29, 0.717) is 5.56 Å². The molecule has 0 aliphatic heterocycles. The summed E-state index contributed by atoms with van der Waals surface area (Å²) < 4.78 is 0. The van der Waals surface area contributed by atoms with Crippen molar-refractivity contribution in [3.05, 3.63) is 39.1 Å². The number of nitrogens with one attached hydrogen (secondary N) is 1. The van der Waals surface area contributed by atoms with Gasteiger partial charge in [-0.2, -0.15) is 0 Å². The van der Waals surface area contributed by atoms with E-state index >= 15 is 0 Å². The van der Waals surface area contributed by atoms with Gasteiger partial charge in [-0.25, -0.2) is 0 Å². The summed E-state index contributed by atoms with van der Waals surface area (Å²) in [6, 6.07) is 0.271. The zero-order valence-electron chi connectivity index (χ0n) is 18.1. The number of aromatic hydroxyl groups is 1. The molecule has 0 aromatic heterocycles. The number of ketones is 2. The molecule has 2 unspecified atom stereocenters. The maximum Gasteiger partial charge on any atom is 0.255 e. The summed E-state index contributed by atoms with van der Waals surface area (Å²) in [6.45, 7) is 0. The van der Waals surface area contributed by atoms with Crippen LogP contribution in [0.3, 0.4) is 0 Å². The second kappa shape index (κ2) is 7.83. The Morgan fingerprint density at radius 1 is 1.29 bits per heavy atom. The third-order valence-corrected chi connectivity index (χ3v) is 7.16. The average molecular weight is 492 g/mol. The zero-order valence-corrected chi connectivity index (χ0v) is 18.9. The first-order chi connectivity index (χ1) is 15.9. The van der Waals surface area contributed by atoms with E-state index in [2.05, 4.69) is 5.32 Å². The van der Waals surface area contributed by atoms with Crippen molar-refractivity contribution in [2.45, 2.75) is 24.5 Å². The molecule has 0 radical (unpaired) electrons. The van der Waals surface area contributed by atoms with E-state index in [4.69, 9.17) is 17.3 Å². The molecule has 3 aliphatic carbocycles. The van der Waals surface area contributed by atoms with Gasteiger partial charge < -0.3 is 31.5 Å². The number of likely N-dealkylation sites (N-methyl/N-ethyl adjacent to an activating group) is 1. The minimum atomic E-state index is -2.71. The summed E-state index contributed by atoms with van der Waals surface area (Å²) in [5.41, 5.74) is 1.43. The molecule has 0 spiro atoms. The highest BCUT2D eigenvalue weighted by molar-refractivity contribution is 6.34. The fourth-order valence-corrected chi connectivity index (χ4v) is 5.74. The number of aliphatic hydroxyl groups excluding tert-OH is 2. The molecule has 1 saturated carbocycles. The Labute approximate surface area is 198 Å². The van der Waals surface area contributed by atoms with Crippen LogP contribution < -0.4 is 11.1 Å². The van der Waals surface area contributed by atoms with Gasteiger partial charge in [0.2, 0.25) is 12.2 Å². The van der Waals surface area contributed by atoms with Gasteiger partial charge in [-0.05, 0) is 44.5 Å². The highest BCUT2D eigenvalue weighted by atomic mass is 35.5. The number of primary amides is 1. The summed E-state index contributed by atoms with van der Waals surface area (Å²) in [5, 5.41) is 46.2. The highest BCUT2D eigenvalue weighted by Gasteiger charge is 2.64. The first kappa shape index (κ1) is 23.7. The largest absolute Gasteiger partial charge is 0.508 e. The van der Waals surface area contributed by atoms with Gasteiger partial charge in [0.1, 0.15) is 22.8 Å². The summed E-state index contributed by atoms with van der Waals surface area (Å²) in [6.07, 6.45) is 0.346. The number of benzene rings is 1. The van der Waals surface area contributed by atoms with Crippen molar-refractivity contribution in [3.8, 4) is 5.75 Å². The van der Waals surface area contributed by atoms with Crippen LogP contribution in [0.4, 0.5) is 5.69 Å². The van der Waals surface area contributed by atoms with E-state index in [1.807, 2.05) is 0 Å². The van der Waals surface area contributed by atoms with Gasteiger partial charge in [0.25, 0.3) is 5.91 Å². The van der Waals surface area contributed by atoms with Gasteiger partial charge >= 0.3 is 0 Å². The number of carbonyl (C=O) groups excluding carboxylic acids is 4. The topological polar surface area (TPSA) is 190 Å². The number of nitrogens with zero attached hydrogens (tertiary/aromatic N) is 1. The van der Waals surface area contributed by atoms with Crippen molar-refractivity contribution in [2.24, 2.45) is 17.6 Å². The molecular formula is C22H22ClN3O8. The molecule has 7 N–H and O–H groups in total. The molecule has 2 amide bonds.